The smallest absolute Gasteiger partial charge is 0.270 e. The SMILES string of the molecule is O=C(Nc1cc(C2CC2)[nH]n1)c1ccc([N+](=O)[O-])cc1Cl. The molecule has 8 heteroatoms. The van der Waals surface area contributed by atoms with Gasteiger partial charge in [-0.1, -0.05) is 11.6 Å². The summed E-state index contributed by atoms with van der Waals surface area (Å²) in [6.45, 7) is 0. The highest BCUT2D eigenvalue weighted by atomic mass is 35.5. The molecule has 3 rings (SSSR count). The number of anilines is 1. The Morgan fingerprint density at radius 3 is 2.81 bits per heavy atom. The first-order valence-corrected chi connectivity index (χ1v) is 6.73. The fourth-order valence-electron chi connectivity index (χ4n) is 1.99. The zero-order valence-electron chi connectivity index (χ0n) is 10.8. The van der Waals surface area contributed by atoms with Crippen molar-refractivity contribution in [1.82, 2.24) is 10.2 Å². The molecule has 1 aromatic heterocycles. The summed E-state index contributed by atoms with van der Waals surface area (Å²) in [6, 6.07) is 5.50. The lowest BCUT2D eigenvalue weighted by Crippen LogP contribution is -2.12. The van der Waals surface area contributed by atoms with Gasteiger partial charge in [0.1, 0.15) is 0 Å². The number of amides is 1. The van der Waals surface area contributed by atoms with Crippen LogP contribution in [0.5, 0.6) is 0 Å². The van der Waals surface area contributed by atoms with Gasteiger partial charge in [0.15, 0.2) is 5.82 Å². The monoisotopic (exact) mass is 306 g/mol. The number of rotatable bonds is 4. The molecule has 1 aliphatic carbocycles. The van der Waals surface area contributed by atoms with E-state index in [1.54, 1.807) is 6.07 Å². The highest BCUT2D eigenvalue weighted by Gasteiger charge is 2.26. The van der Waals surface area contributed by atoms with E-state index in [4.69, 9.17) is 11.6 Å². The molecule has 1 aromatic carbocycles. The third-order valence-electron chi connectivity index (χ3n) is 3.26. The molecular formula is C13H11ClN4O3. The zero-order chi connectivity index (χ0) is 15.0. The van der Waals surface area contributed by atoms with Gasteiger partial charge in [-0.3, -0.25) is 20.0 Å². The molecule has 2 aromatic rings. The number of hydrogen-bond donors (Lipinski definition) is 2. The van der Waals surface area contributed by atoms with E-state index in [-0.39, 0.29) is 16.3 Å². The molecule has 7 nitrogen and oxygen atoms in total. The van der Waals surface area contributed by atoms with Crippen molar-refractivity contribution in [3.05, 3.63) is 50.7 Å². The van der Waals surface area contributed by atoms with Crippen molar-refractivity contribution in [2.45, 2.75) is 18.8 Å². The highest BCUT2D eigenvalue weighted by molar-refractivity contribution is 6.34. The first-order chi connectivity index (χ1) is 10.0. The van der Waals surface area contributed by atoms with Crippen molar-refractivity contribution in [3.8, 4) is 0 Å². The van der Waals surface area contributed by atoms with Crippen LogP contribution in [0.1, 0.15) is 34.8 Å². The maximum Gasteiger partial charge on any atom is 0.270 e. The molecule has 0 unspecified atom stereocenters. The Morgan fingerprint density at radius 2 is 2.19 bits per heavy atom. The van der Waals surface area contributed by atoms with Gasteiger partial charge in [-0.15, -0.1) is 0 Å². The Bertz CT molecular complexity index is 724. The van der Waals surface area contributed by atoms with E-state index >= 15 is 0 Å². The lowest BCUT2D eigenvalue weighted by atomic mass is 10.2. The van der Waals surface area contributed by atoms with E-state index in [1.165, 1.54) is 12.1 Å². The molecule has 2 N–H and O–H groups in total. The Labute approximate surface area is 124 Å². The van der Waals surface area contributed by atoms with Crippen molar-refractivity contribution >= 4 is 29.0 Å². The average Bonchev–Trinajstić information content (AvgIpc) is 3.19. The number of hydrogen-bond acceptors (Lipinski definition) is 4. The van der Waals surface area contributed by atoms with Crippen LogP contribution in [0.3, 0.4) is 0 Å². The number of nitrogens with zero attached hydrogens (tertiary/aromatic N) is 2. The van der Waals surface area contributed by atoms with Crippen LogP contribution in [-0.2, 0) is 0 Å². The minimum absolute atomic E-state index is 0.0275. The summed E-state index contributed by atoms with van der Waals surface area (Å²) >= 11 is 5.91. The van der Waals surface area contributed by atoms with E-state index in [0.29, 0.717) is 11.7 Å². The van der Waals surface area contributed by atoms with E-state index in [9.17, 15) is 14.9 Å². The molecule has 0 aliphatic heterocycles. The first-order valence-electron chi connectivity index (χ1n) is 6.35. The third kappa shape index (κ3) is 2.87. The number of non-ortho nitro benzene ring substituents is 1. The van der Waals surface area contributed by atoms with Gasteiger partial charge in [-0.05, 0) is 18.9 Å². The molecule has 0 spiro atoms. The summed E-state index contributed by atoms with van der Waals surface area (Å²) in [5, 5.41) is 20.2. The van der Waals surface area contributed by atoms with Crippen molar-refractivity contribution < 1.29 is 9.72 Å². The molecule has 1 saturated carbocycles. The lowest BCUT2D eigenvalue weighted by molar-refractivity contribution is -0.384. The van der Waals surface area contributed by atoms with Crippen LogP contribution in [0.4, 0.5) is 11.5 Å². The van der Waals surface area contributed by atoms with Crippen molar-refractivity contribution in [3.63, 3.8) is 0 Å². The molecular weight excluding hydrogens is 296 g/mol. The molecule has 0 radical (unpaired) electrons. The predicted octanol–water partition coefficient (Wildman–Crippen LogP) is 3.10. The maximum absolute atomic E-state index is 12.1. The molecule has 21 heavy (non-hydrogen) atoms. The average molecular weight is 307 g/mol. The zero-order valence-corrected chi connectivity index (χ0v) is 11.6. The summed E-state index contributed by atoms with van der Waals surface area (Å²) in [6.07, 6.45) is 2.26. The lowest BCUT2D eigenvalue weighted by Gasteiger charge is -2.03. The summed E-state index contributed by atoms with van der Waals surface area (Å²) in [4.78, 5) is 22.2. The van der Waals surface area contributed by atoms with Gasteiger partial charge >= 0.3 is 0 Å². The van der Waals surface area contributed by atoms with Crippen LogP contribution in [-0.4, -0.2) is 21.0 Å². The molecule has 1 heterocycles. The van der Waals surface area contributed by atoms with E-state index in [2.05, 4.69) is 15.5 Å². The predicted molar refractivity (Wildman–Crippen MR) is 76.6 cm³/mol. The first kappa shape index (κ1) is 13.6. The molecule has 0 bridgehead atoms. The minimum atomic E-state index is -0.566. The Kier molecular flexibility index (Phi) is 3.34. The number of nitrogens with one attached hydrogen (secondary N) is 2. The molecule has 1 amide bonds. The topological polar surface area (TPSA) is 101 Å². The number of halogens is 1. The van der Waals surface area contributed by atoms with Crippen LogP contribution in [0, 0.1) is 10.1 Å². The Hall–Kier alpha value is -2.41. The van der Waals surface area contributed by atoms with Crippen LogP contribution in [0.15, 0.2) is 24.3 Å². The second-order valence-electron chi connectivity index (χ2n) is 4.86. The molecule has 1 fully saturated rings. The van der Waals surface area contributed by atoms with Gasteiger partial charge in [0.05, 0.1) is 15.5 Å². The summed E-state index contributed by atoms with van der Waals surface area (Å²) in [5.74, 6) is 0.464. The largest absolute Gasteiger partial charge is 0.305 e. The van der Waals surface area contributed by atoms with Gasteiger partial charge in [-0.25, -0.2) is 0 Å². The Morgan fingerprint density at radius 1 is 1.43 bits per heavy atom. The van der Waals surface area contributed by atoms with Crippen LogP contribution in [0.25, 0.3) is 0 Å². The number of carbonyl (C=O) groups excluding carboxylic acids is 1. The quantitative estimate of drug-likeness (QED) is 0.669. The maximum atomic E-state index is 12.1. The Balaban J connectivity index is 1.76. The van der Waals surface area contributed by atoms with E-state index in [1.807, 2.05) is 0 Å². The number of aromatic nitrogens is 2. The summed E-state index contributed by atoms with van der Waals surface area (Å²) in [5.41, 5.74) is 1.01. The summed E-state index contributed by atoms with van der Waals surface area (Å²) in [7, 11) is 0. The van der Waals surface area contributed by atoms with Gasteiger partial charge in [-0.2, -0.15) is 5.10 Å². The third-order valence-corrected chi connectivity index (χ3v) is 3.58. The second kappa shape index (κ2) is 5.17. The molecule has 1 aliphatic rings. The van der Waals surface area contributed by atoms with Crippen molar-refractivity contribution in [1.29, 1.82) is 0 Å². The molecule has 108 valence electrons. The van der Waals surface area contributed by atoms with Crippen molar-refractivity contribution in [2.75, 3.05) is 5.32 Å². The fourth-order valence-corrected chi connectivity index (χ4v) is 2.25. The van der Waals surface area contributed by atoms with Gasteiger partial charge in [0.25, 0.3) is 11.6 Å². The number of nitro benzene ring substituents is 1. The van der Waals surface area contributed by atoms with Gasteiger partial charge in [0.2, 0.25) is 0 Å². The number of benzene rings is 1. The second-order valence-corrected chi connectivity index (χ2v) is 5.27. The number of H-pyrrole nitrogens is 1. The van der Waals surface area contributed by atoms with Crippen LogP contribution in [0.2, 0.25) is 5.02 Å². The normalized spacial score (nSPS) is 14.0. The number of nitro groups is 1. The minimum Gasteiger partial charge on any atom is -0.305 e. The van der Waals surface area contributed by atoms with E-state index in [0.717, 1.165) is 24.6 Å². The summed E-state index contributed by atoms with van der Waals surface area (Å²) < 4.78 is 0. The highest BCUT2D eigenvalue weighted by Crippen LogP contribution is 2.39. The molecule has 0 atom stereocenters. The van der Waals surface area contributed by atoms with Gasteiger partial charge < -0.3 is 5.32 Å². The van der Waals surface area contributed by atoms with Crippen LogP contribution < -0.4 is 5.32 Å². The van der Waals surface area contributed by atoms with Crippen LogP contribution >= 0.6 is 11.6 Å². The number of carbonyl (C=O) groups is 1. The van der Waals surface area contributed by atoms with Crippen molar-refractivity contribution in [2.24, 2.45) is 0 Å². The molecule has 0 saturated heterocycles. The van der Waals surface area contributed by atoms with Gasteiger partial charge in [0, 0.05) is 29.8 Å². The number of aromatic amines is 1. The fraction of sp³-hybridized carbons (Fsp3) is 0.231. The standard InChI is InChI=1S/C13H11ClN4O3/c14-10-5-8(18(20)21)3-4-9(10)13(19)15-12-6-11(16-17-12)7-1-2-7/h3-7H,1-2H2,(H2,15,16,17,19). The van der Waals surface area contributed by atoms with E-state index < -0.39 is 10.8 Å².